The van der Waals surface area contributed by atoms with Crippen molar-refractivity contribution >= 4 is 29.2 Å². The van der Waals surface area contributed by atoms with E-state index in [0.717, 1.165) is 28.4 Å². The lowest BCUT2D eigenvalue weighted by molar-refractivity contribution is -0.121. The second kappa shape index (κ2) is 6.75. The summed E-state index contributed by atoms with van der Waals surface area (Å²) >= 11 is 0. The molecule has 1 fully saturated rings. The third-order valence-electron chi connectivity index (χ3n) is 3.85. The molecule has 1 aromatic heterocycles. The molecule has 1 amide bonds. The van der Waals surface area contributed by atoms with Gasteiger partial charge in [0.15, 0.2) is 0 Å². The predicted octanol–water partition coefficient (Wildman–Crippen LogP) is 1.83. The SMILES string of the molecule is Cc1cc2cc(CNC(=O)C(C=N)C=NC3COC3)ccc2[nH]1. The number of aromatic nitrogens is 1. The fourth-order valence-corrected chi connectivity index (χ4v) is 2.45. The molecule has 0 bridgehead atoms. The monoisotopic (exact) mass is 312 g/mol. The van der Waals surface area contributed by atoms with E-state index in [1.165, 1.54) is 6.21 Å². The Morgan fingerprint density at radius 2 is 2.35 bits per heavy atom. The maximum absolute atomic E-state index is 12.1. The van der Waals surface area contributed by atoms with Gasteiger partial charge < -0.3 is 20.4 Å². The largest absolute Gasteiger partial charge is 0.377 e. The number of nitrogens with zero attached hydrogens (tertiary/aromatic N) is 1. The van der Waals surface area contributed by atoms with Crippen LogP contribution in [-0.2, 0) is 16.1 Å². The van der Waals surface area contributed by atoms with Crippen LogP contribution in [-0.4, -0.2) is 42.6 Å². The number of rotatable bonds is 6. The highest BCUT2D eigenvalue weighted by molar-refractivity contribution is 6.06. The first-order valence-corrected chi connectivity index (χ1v) is 7.63. The minimum Gasteiger partial charge on any atom is -0.377 e. The summed E-state index contributed by atoms with van der Waals surface area (Å²) in [5.41, 5.74) is 3.23. The topological polar surface area (TPSA) is 90.3 Å². The Morgan fingerprint density at radius 1 is 1.52 bits per heavy atom. The minimum absolute atomic E-state index is 0.129. The molecule has 0 spiro atoms. The van der Waals surface area contributed by atoms with E-state index in [-0.39, 0.29) is 11.9 Å². The van der Waals surface area contributed by atoms with Crippen LogP contribution >= 0.6 is 0 Å². The Morgan fingerprint density at radius 3 is 3.04 bits per heavy atom. The molecule has 1 atom stereocenters. The first kappa shape index (κ1) is 15.4. The maximum Gasteiger partial charge on any atom is 0.234 e. The van der Waals surface area contributed by atoms with Gasteiger partial charge in [0.05, 0.1) is 19.3 Å². The Labute approximate surface area is 134 Å². The first-order valence-electron chi connectivity index (χ1n) is 7.63. The van der Waals surface area contributed by atoms with Crippen LogP contribution in [0, 0.1) is 18.3 Å². The second-order valence-corrected chi connectivity index (χ2v) is 5.77. The van der Waals surface area contributed by atoms with Crippen LogP contribution in [0.2, 0.25) is 0 Å². The maximum atomic E-state index is 12.1. The van der Waals surface area contributed by atoms with Gasteiger partial charge in [-0.2, -0.15) is 0 Å². The van der Waals surface area contributed by atoms with Crippen molar-refractivity contribution in [3.8, 4) is 0 Å². The van der Waals surface area contributed by atoms with Crippen molar-refractivity contribution in [2.45, 2.75) is 19.5 Å². The van der Waals surface area contributed by atoms with Gasteiger partial charge in [-0.05, 0) is 36.1 Å². The number of nitrogens with one attached hydrogen (secondary N) is 3. The number of ether oxygens (including phenoxy) is 1. The fraction of sp³-hybridized carbons (Fsp3) is 0.353. The summed E-state index contributed by atoms with van der Waals surface area (Å²) in [6, 6.07) is 8.25. The summed E-state index contributed by atoms with van der Waals surface area (Å²) in [6.07, 6.45) is 2.64. The van der Waals surface area contributed by atoms with Gasteiger partial charge in [0.2, 0.25) is 5.91 Å². The molecule has 1 aliphatic heterocycles. The molecule has 0 aliphatic carbocycles. The average Bonchev–Trinajstić information content (AvgIpc) is 2.86. The van der Waals surface area contributed by atoms with Crippen molar-refractivity contribution in [2.24, 2.45) is 10.9 Å². The molecular formula is C17H20N4O2. The first-order chi connectivity index (χ1) is 11.2. The van der Waals surface area contributed by atoms with Crippen LogP contribution in [0.1, 0.15) is 11.3 Å². The van der Waals surface area contributed by atoms with Gasteiger partial charge in [0.1, 0.15) is 5.92 Å². The zero-order valence-electron chi connectivity index (χ0n) is 13.0. The number of hydrogen-bond acceptors (Lipinski definition) is 4. The molecule has 1 saturated heterocycles. The molecule has 120 valence electrons. The number of aryl methyl sites for hydroxylation is 1. The predicted molar refractivity (Wildman–Crippen MR) is 90.3 cm³/mol. The van der Waals surface area contributed by atoms with Crippen molar-refractivity contribution in [1.29, 1.82) is 5.41 Å². The molecule has 6 nitrogen and oxygen atoms in total. The summed E-state index contributed by atoms with van der Waals surface area (Å²) in [5, 5.41) is 11.4. The molecule has 2 heterocycles. The van der Waals surface area contributed by atoms with Gasteiger partial charge in [-0.3, -0.25) is 9.79 Å². The van der Waals surface area contributed by atoms with Gasteiger partial charge >= 0.3 is 0 Å². The van der Waals surface area contributed by atoms with Gasteiger partial charge in [0, 0.05) is 30.2 Å². The van der Waals surface area contributed by atoms with Crippen LogP contribution in [0.3, 0.4) is 0 Å². The van der Waals surface area contributed by atoms with Crippen molar-refractivity contribution in [2.75, 3.05) is 13.2 Å². The molecule has 3 rings (SSSR count). The smallest absolute Gasteiger partial charge is 0.234 e. The van der Waals surface area contributed by atoms with E-state index in [1.54, 1.807) is 0 Å². The van der Waals surface area contributed by atoms with Crippen molar-refractivity contribution in [3.63, 3.8) is 0 Å². The van der Waals surface area contributed by atoms with Crippen LogP contribution < -0.4 is 5.32 Å². The van der Waals surface area contributed by atoms with Gasteiger partial charge in [-0.1, -0.05) is 6.07 Å². The normalized spacial score (nSPS) is 16.4. The molecule has 1 unspecified atom stereocenters. The summed E-state index contributed by atoms with van der Waals surface area (Å²) in [7, 11) is 0. The Balaban J connectivity index is 1.59. The Hall–Kier alpha value is -2.47. The van der Waals surface area contributed by atoms with E-state index in [4.69, 9.17) is 10.1 Å². The number of carbonyl (C=O) groups excluding carboxylic acids is 1. The van der Waals surface area contributed by atoms with Crippen LogP contribution in [0.25, 0.3) is 10.9 Å². The standard InChI is InChI=1S/C17H20N4O2/c1-11-4-13-5-12(2-3-16(13)21-11)7-20-17(22)14(6-18)8-19-15-9-23-10-15/h2-6,8,14-15,18,21H,7,9-10H2,1H3,(H,20,22). The van der Waals surface area contributed by atoms with E-state index >= 15 is 0 Å². The number of benzene rings is 1. The zero-order valence-corrected chi connectivity index (χ0v) is 13.0. The molecular weight excluding hydrogens is 292 g/mol. The highest BCUT2D eigenvalue weighted by Gasteiger charge is 2.18. The Kier molecular flexibility index (Phi) is 4.52. The number of carbonyl (C=O) groups is 1. The van der Waals surface area contributed by atoms with E-state index in [0.29, 0.717) is 19.8 Å². The number of amides is 1. The lowest BCUT2D eigenvalue weighted by Crippen LogP contribution is -2.35. The molecule has 6 heteroatoms. The zero-order chi connectivity index (χ0) is 16.2. The highest BCUT2D eigenvalue weighted by Crippen LogP contribution is 2.16. The van der Waals surface area contributed by atoms with Gasteiger partial charge in [-0.15, -0.1) is 0 Å². The van der Waals surface area contributed by atoms with Crippen LogP contribution in [0.4, 0.5) is 0 Å². The summed E-state index contributed by atoms with van der Waals surface area (Å²) in [5.74, 6) is -0.844. The molecule has 1 aromatic carbocycles. The summed E-state index contributed by atoms with van der Waals surface area (Å²) in [4.78, 5) is 19.7. The molecule has 3 N–H and O–H groups in total. The van der Waals surface area contributed by atoms with Gasteiger partial charge in [0.25, 0.3) is 0 Å². The van der Waals surface area contributed by atoms with E-state index in [1.807, 2.05) is 19.1 Å². The highest BCUT2D eigenvalue weighted by atomic mass is 16.5. The molecule has 1 aliphatic rings. The van der Waals surface area contributed by atoms with Crippen LogP contribution in [0.5, 0.6) is 0 Å². The second-order valence-electron chi connectivity index (χ2n) is 5.77. The average molecular weight is 312 g/mol. The molecule has 0 saturated carbocycles. The Bertz CT molecular complexity index is 746. The quantitative estimate of drug-likeness (QED) is 0.710. The third kappa shape index (κ3) is 3.65. The fourth-order valence-electron chi connectivity index (χ4n) is 2.45. The summed E-state index contributed by atoms with van der Waals surface area (Å²) < 4.78 is 5.03. The number of aromatic amines is 1. The molecule has 0 radical (unpaired) electrons. The lowest BCUT2D eigenvalue weighted by atomic mass is 10.1. The lowest BCUT2D eigenvalue weighted by Gasteiger charge is -2.22. The summed E-state index contributed by atoms with van der Waals surface area (Å²) in [6.45, 7) is 3.64. The molecule has 23 heavy (non-hydrogen) atoms. The van der Waals surface area contributed by atoms with Crippen molar-refractivity contribution in [1.82, 2.24) is 10.3 Å². The number of fused-ring (bicyclic) bond motifs is 1. The van der Waals surface area contributed by atoms with Crippen molar-refractivity contribution in [3.05, 3.63) is 35.5 Å². The number of aliphatic imine (C=N–C) groups is 1. The number of hydrogen-bond donors (Lipinski definition) is 3. The van der Waals surface area contributed by atoms with Crippen molar-refractivity contribution < 1.29 is 9.53 Å². The van der Waals surface area contributed by atoms with E-state index in [9.17, 15) is 4.79 Å². The van der Waals surface area contributed by atoms with Gasteiger partial charge in [-0.25, -0.2) is 0 Å². The van der Waals surface area contributed by atoms with E-state index < -0.39 is 5.92 Å². The third-order valence-corrected chi connectivity index (χ3v) is 3.85. The molecule has 2 aromatic rings. The number of H-pyrrole nitrogens is 1. The van der Waals surface area contributed by atoms with E-state index in [2.05, 4.69) is 27.4 Å². The minimum atomic E-state index is -0.631. The van der Waals surface area contributed by atoms with Crippen LogP contribution in [0.15, 0.2) is 29.3 Å².